The Morgan fingerprint density at radius 3 is 2.73 bits per heavy atom. The number of ether oxygens (including phenoxy) is 2. The summed E-state index contributed by atoms with van der Waals surface area (Å²) < 4.78 is 9.86. The largest absolute Gasteiger partial charge is 0.494 e. The van der Waals surface area contributed by atoms with Gasteiger partial charge in [0.15, 0.2) is 5.75 Å². The van der Waals surface area contributed by atoms with Gasteiger partial charge in [-0.25, -0.2) is 4.79 Å². The molecule has 0 fully saturated rings. The Bertz CT molecular complexity index is 379. The van der Waals surface area contributed by atoms with Gasteiger partial charge in [0.25, 0.3) is 0 Å². The van der Waals surface area contributed by atoms with Gasteiger partial charge in [0, 0.05) is 5.69 Å². The van der Waals surface area contributed by atoms with Gasteiger partial charge in [-0.05, 0) is 19.1 Å². The molecular formula is C10H12ClNO3. The number of esters is 1. The predicted octanol–water partition coefficient (Wildman–Crippen LogP) is 2.11. The maximum absolute atomic E-state index is 11.5. The minimum atomic E-state index is -0.497. The van der Waals surface area contributed by atoms with E-state index in [4.69, 9.17) is 26.8 Å². The van der Waals surface area contributed by atoms with Crippen LogP contribution in [0.2, 0.25) is 5.02 Å². The van der Waals surface area contributed by atoms with E-state index in [1.54, 1.807) is 6.92 Å². The first kappa shape index (κ1) is 11.7. The highest BCUT2D eigenvalue weighted by Crippen LogP contribution is 2.31. The molecule has 0 aromatic heterocycles. The molecular weight excluding hydrogens is 218 g/mol. The number of nitrogens with two attached hydrogens (primary N) is 1. The predicted molar refractivity (Wildman–Crippen MR) is 58.4 cm³/mol. The van der Waals surface area contributed by atoms with Gasteiger partial charge in [-0.15, -0.1) is 0 Å². The van der Waals surface area contributed by atoms with Crippen LogP contribution in [0.3, 0.4) is 0 Å². The van der Waals surface area contributed by atoms with Crippen molar-refractivity contribution < 1.29 is 14.3 Å². The van der Waals surface area contributed by atoms with Crippen LogP contribution in [0.1, 0.15) is 17.3 Å². The third kappa shape index (κ3) is 2.53. The lowest BCUT2D eigenvalue weighted by Gasteiger charge is -2.10. The molecule has 0 atom stereocenters. The van der Waals surface area contributed by atoms with Crippen molar-refractivity contribution in [2.24, 2.45) is 0 Å². The Labute approximate surface area is 92.9 Å². The second-order valence-corrected chi connectivity index (χ2v) is 3.21. The van der Waals surface area contributed by atoms with Crippen molar-refractivity contribution in [3.8, 4) is 5.75 Å². The average Bonchev–Trinajstić information content (AvgIpc) is 2.17. The summed E-state index contributed by atoms with van der Waals surface area (Å²) in [5.41, 5.74) is 6.20. The molecule has 5 heteroatoms. The van der Waals surface area contributed by atoms with E-state index < -0.39 is 5.97 Å². The van der Waals surface area contributed by atoms with E-state index in [2.05, 4.69) is 0 Å². The number of anilines is 1. The van der Waals surface area contributed by atoms with Crippen LogP contribution in [-0.2, 0) is 4.74 Å². The number of hydrogen-bond acceptors (Lipinski definition) is 4. The zero-order valence-corrected chi connectivity index (χ0v) is 9.30. The average molecular weight is 230 g/mol. The number of carbonyl (C=O) groups is 1. The SMILES string of the molecule is CCOC(=O)c1cc(N)cc(Cl)c1OC. The molecule has 4 nitrogen and oxygen atoms in total. The van der Waals surface area contributed by atoms with Crippen molar-refractivity contribution in [2.45, 2.75) is 6.92 Å². The zero-order valence-electron chi connectivity index (χ0n) is 8.54. The smallest absolute Gasteiger partial charge is 0.342 e. The third-order valence-electron chi connectivity index (χ3n) is 1.77. The fourth-order valence-electron chi connectivity index (χ4n) is 1.18. The molecule has 15 heavy (non-hydrogen) atoms. The Kier molecular flexibility index (Phi) is 3.80. The first-order valence-corrected chi connectivity index (χ1v) is 4.78. The van der Waals surface area contributed by atoms with Gasteiger partial charge in [-0.1, -0.05) is 11.6 Å². The normalized spacial score (nSPS) is 9.80. The third-order valence-corrected chi connectivity index (χ3v) is 2.05. The molecule has 1 aromatic carbocycles. The van der Waals surface area contributed by atoms with Crippen molar-refractivity contribution >= 4 is 23.3 Å². The van der Waals surface area contributed by atoms with Crippen LogP contribution < -0.4 is 10.5 Å². The van der Waals surface area contributed by atoms with Crippen molar-refractivity contribution in [3.05, 3.63) is 22.7 Å². The molecule has 0 amide bonds. The van der Waals surface area contributed by atoms with Crippen LogP contribution in [0.25, 0.3) is 0 Å². The highest BCUT2D eigenvalue weighted by atomic mass is 35.5. The van der Waals surface area contributed by atoms with Crippen LogP contribution in [-0.4, -0.2) is 19.7 Å². The molecule has 1 aromatic rings. The van der Waals surface area contributed by atoms with Gasteiger partial charge in [0.2, 0.25) is 0 Å². The molecule has 82 valence electrons. The Hall–Kier alpha value is -1.42. The van der Waals surface area contributed by atoms with Crippen LogP contribution >= 0.6 is 11.6 Å². The number of hydrogen-bond donors (Lipinski definition) is 1. The summed E-state index contributed by atoms with van der Waals surface area (Å²) in [6, 6.07) is 2.99. The Morgan fingerprint density at radius 2 is 2.20 bits per heavy atom. The van der Waals surface area contributed by atoms with Gasteiger partial charge in [0.1, 0.15) is 5.56 Å². The van der Waals surface area contributed by atoms with E-state index in [0.717, 1.165) is 0 Å². The maximum Gasteiger partial charge on any atom is 0.342 e. The van der Waals surface area contributed by atoms with Gasteiger partial charge >= 0.3 is 5.97 Å². The van der Waals surface area contributed by atoms with Crippen LogP contribution in [0.5, 0.6) is 5.75 Å². The van der Waals surface area contributed by atoms with Crippen molar-refractivity contribution in [2.75, 3.05) is 19.5 Å². The summed E-state index contributed by atoms with van der Waals surface area (Å²) in [5.74, 6) is -0.215. The second-order valence-electron chi connectivity index (χ2n) is 2.80. The van der Waals surface area contributed by atoms with E-state index in [1.165, 1.54) is 19.2 Å². The summed E-state index contributed by atoms with van der Waals surface area (Å²) in [5, 5.41) is 0.292. The zero-order chi connectivity index (χ0) is 11.4. The van der Waals surface area contributed by atoms with E-state index >= 15 is 0 Å². The minimum absolute atomic E-state index is 0.240. The lowest BCUT2D eigenvalue weighted by molar-refractivity contribution is 0.0523. The number of carbonyl (C=O) groups excluding carboxylic acids is 1. The second kappa shape index (κ2) is 4.89. The highest BCUT2D eigenvalue weighted by Gasteiger charge is 2.17. The van der Waals surface area contributed by atoms with E-state index in [1.807, 2.05) is 0 Å². The first-order chi connectivity index (χ1) is 7.10. The Morgan fingerprint density at radius 1 is 1.53 bits per heavy atom. The molecule has 2 N–H and O–H groups in total. The standard InChI is InChI=1S/C10H12ClNO3/c1-3-15-10(13)7-4-6(12)5-8(11)9(7)14-2/h4-5H,3,12H2,1-2H3. The molecule has 0 saturated heterocycles. The number of benzene rings is 1. The molecule has 0 unspecified atom stereocenters. The number of nitrogen functional groups attached to an aromatic ring is 1. The van der Waals surface area contributed by atoms with Crippen molar-refractivity contribution in [1.29, 1.82) is 0 Å². The molecule has 0 aliphatic rings. The molecule has 1 rings (SSSR count). The quantitative estimate of drug-likeness (QED) is 0.637. The summed E-state index contributed by atoms with van der Waals surface area (Å²) in [4.78, 5) is 11.5. The van der Waals surface area contributed by atoms with Crippen molar-refractivity contribution in [3.63, 3.8) is 0 Å². The Balaban J connectivity index is 3.20. The first-order valence-electron chi connectivity index (χ1n) is 4.40. The fourth-order valence-corrected chi connectivity index (χ4v) is 1.49. The molecule has 0 radical (unpaired) electrons. The van der Waals surface area contributed by atoms with Gasteiger partial charge < -0.3 is 15.2 Å². The van der Waals surface area contributed by atoms with Crippen LogP contribution in [0, 0.1) is 0 Å². The van der Waals surface area contributed by atoms with Crippen LogP contribution in [0.15, 0.2) is 12.1 Å². The van der Waals surface area contributed by atoms with Gasteiger partial charge in [-0.2, -0.15) is 0 Å². The summed E-state index contributed by atoms with van der Waals surface area (Å²) >= 11 is 5.87. The van der Waals surface area contributed by atoms with Gasteiger partial charge in [-0.3, -0.25) is 0 Å². The summed E-state index contributed by atoms with van der Waals surface area (Å²) in [6.45, 7) is 2.01. The molecule has 0 aliphatic carbocycles. The topological polar surface area (TPSA) is 61.5 Å². The molecule has 0 spiro atoms. The van der Waals surface area contributed by atoms with Gasteiger partial charge in [0.05, 0.1) is 18.7 Å². The maximum atomic E-state index is 11.5. The van der Waals surface area contributed by atoms with E-state index in [0.29, 0.717) is 10.7 Å². The van der Waals surface area contributed by atoms with E-state index in [9.17, 15) is 4.79 Å². The number of halogens is 1. The van der Waals surface area contributed by atoms with E-state index in [-0.39, 0.29) is 17.9 Å². The summed E-state index contributed by atoms with van der Waals surface area (Å²) in [7, 11) is 1.43. The number of methoxy groups -OCH3 is 1. The molecule has 0 saturated carbocycles. The monoisotopic (exact) mass is 229 g/mol. The fraction of sp³-hybridized carbons (Fsp3) is 0.300. The molecule has 0 aliphatic heterocycles. The van der Waals surface area contributed by atoms with Crippen LogP contribution in [0.4, 0.5) is 5.69 Å². The summed E-state index contributed by atoms with van der Waals surface area (Å²) in [6.07, 6.45) is 0. The lowest BCUT2D eigenvalue weighted by atomic mass is 10.2. The highest BCUT2D eigenvalue weighted by molar-refractivity contribution is 6.33. The van der Waals surface area contributed by atoms with Crippen molar-refractivity contribution in [1.82, 2.24) is 0 Å². The molecule has 0 heterocycles. The minimum Gasteiger partial charge on any atom is -0.494 e. The number of rotatable bonds is 3. The lowest BCUT2D eigenvalue weighted by Crippen LogP contribution is -2.07. The molecule has 0 bridgehead atoms.